The first kappa shape index (κ1) is 26.6. The molecule has 0 fully saturated rings. The molecule has 3 nitrogen and oxygen atoms in total. The van der Waals surface area contributed by atoms with E-state index in [4.69, 9.17) is 10.2 Å². The van der Waals surface area contributed by atoms with Crippen molar-refractivity contribution in [3.05, 3.63) is 44.4 Å². The minimum Gasteiger partial charge on any atom is -0.400 e. The van der Waals surface area contributed by atoms with Crippen LogP contribution in [0.25, 0.3) is 0 Å². The summed E-state index contributed by atoms with van der Waals surface area (Å²) in [5, 5.41) is 14.5. The molecule has 0 saturated carbocycles. The number of hydrogen-bond acceptors (Lipinski definition) is 4. The zero-order valence-corrected chi connectivity index (χ0v) is 14.1. The van der Waals surface area contributed by atoms with E-state index in [9.17, 15) is 0 Å². The van der Waals surface area contributed by atoms with Gasteiger partial charge in [-0.3, -0.25) is 4.98 Å². The number of aromatic nitrogens is 1. The van der Waals surface area contributed by atoms with Crippen LogP contribution in [0.15, 0.2) is 24.4 Å². The molecule has 1 atom stereocenters. The Morgan fingerprint density at radius 1 is 1.28 bits per heavy atom. The van der Waals surface area contributed by atoms with Crippen LogP contribution in [0.5, 0.6) is 0 Å². The van der Waals surface area contributed by atoms with Crippen LogP contribution < -0.4 is 0 Å². The van der Waals surface area contributed by atoms with Gasteiger partial charge in [0, 0.05) is 26.1 Å². The molecule has 1 aromatic rings. The van der Waals surface area contributed by atoms with Gasteiger partial charge in [-0.2, -0.15) is 11.8 Å². The molecule has 1 rings (SSSR count). The van der Waals surface area contributed by atoms with Crippen molar-refractivity contribution >= 4 is 11.8 Å². The summed E-state index contributed by atoms with van der Waals surface area (Å²) >= 11 is 1.87. The summed E-state index contributed by atoms with van der Waals surface area (Å²) < 4.78 is 0. The molecule has 0 bridgehead atoms. The fourth-order valence-corrected chi connectivity index (χ4v) is 1.64. The monoisotopic (exact) mass is 307 g/mol. The van der Waals surface area contributed by atoms with Gasteiger partial charge in [0.25, 0.3) is 0 Å². The van der Waals surface area contributed by atoms with Crippen molar-refractivity contribution in [1.82, 2.24) is 4.98 Å². The van der Waals surface area contributed by atoms with E-state index < -0.39 is 0 Å². The summed E-state index contributed by atoms with van der Waals surface area (Å²) in [6.45, 7) is 6.03. The third-order valence-electron chi connectivity index (χ3n) is 1.49. The second-order valence-electron chi connectivity index (χ2n) is 2.75. The van der Waals surface area contributed by atoms with Gasteiger partial charge in [0.1, 0.15) is 0 Å². The first-order valence-electron chi connectivity index (χ1n) is 5.03. The molecule has 0 saturated heterocycles. The van der Waals surface area contributed by atoms with Crippen molar-refractivity contribution in [3.8, 4) is 0 Å². The van der Waals surface area contributed by atoms with Crippen LogP contribution in [0.4, 0.5) is 0 Å². The van der Waals surface area contributed by atoms with Gasteiger partial charge in [-0.15, -0.1) is 5.25 Å². The molecule has 104 valence electrons. The molecule has 1 unspecified atom stereocenters. The minimum atomic E-state index is 0. The molecule has 0 aliphatic heterocycles. The molecule has 1 heterocycles. The molecule has 1 aromatic heterocycles. The number of rotatable bonds is 4. The standard InChI is InChI=1S/C10H14NS.2CH4O.CH3.Ti/c1-9(2)12-8-6-10-5-3-4-7-11-10;2*1-2;;/h3-5,7,9H,1,6,8H2,2H3;2*2H,1H3;1H3;/q-1;;;-1;+2. The second-order valence-corrected chi connectivity index (χ2v) is 4.30. The molecular formula is C13H25NO2STi. The molecule has 0 amide bonds. The predicted molar refractivity (Wildman–Crippen MR) is 77.9 cm³/mol. The largest absolute Gasteiger partial charge is 2.00 e. The number of thioether (sulfide) groups is 1. The molecule has 0 spiro atoms. The van der Waals surface area contributed by atoms with Crippen molar-refractivity contribution in [2.24, 2.45) is 0 Å². The summed E-state index contributed by atoms with van der Waals surface area (Å²) in [4.78, 5) is 4.24. The number of aryl methyl sites for hydroxylation is 1. The maximum Gasteiger partial charge on any atom is 2.00 e. The molecule has 0 aromatic carbocycles. The van der Waals surface area contributed by atoms with Crippen LogP contribution in [-0.2, 0) is 28.1 Å². The molecule has 18 heavy (non-hydrogen) atoms. The van der Waals surface area contributed by atoms with E-state index in [-0.39, 0.29) is 29.1 Å². The maximum atomic E-state index is 7.00. The van der Waals surface area contributed by atoms with Crippen LogP contribution >= 0.6 is 11.8 Å². The average Bonchev–Trinajstić information content (AvgIpc) is 2.35. The Morgan fingerprint density at radius 3 is 2.22 bits per heavy atom. The smallest absolute Gasteiger partial charge is 0.400 e. The van der Waals surface area contributed by atoms with E-state index in [2.05, 4.69) is 24.9 Å². The van der Waals surface area contributed by atoms with Gasteiger partial charge in [0.15, 0.2) is 0 Å². The van der Waals surface area contributed by atoms with Gasteiger partial charge in [0.05, 0.1) is 0 Å². The molecule has 0 aliphatic rings. The van der Waals surface area contributed by atoms with Crippen LogP contribution in [0.2, 0.25) is 0 Å². The Hall–Kier alpha value is 0.134. The van der Waals surface area contributed by atoms with Gasteiger partial charge in [0.2, 0.25) is 0 Å². The van der Waals surface area contributed by atoms with Crippen LogP contribution in [-0.4, -0.2) is 40.4 Å². The third kappa shape index (κ3) is 18.5. The van der Waals surface area contributed by atoms with E-state index in [1.165, 1.54) is 5.69 Å². The summed E-state index contributed by atoms with van der Waals surface area (Å²) in [6, 6.07) is 6.04. The Labute approximate surface area is 131 Å². The van der Waals surface area contributed by atoms with Gasteiger partial charge in [-0.1, -0.05) is 13.0 Å². The van der Waals surface area contributed by atoms with Crippen LogP contribution in [0.1, 0.15) is 12.6 Å². The maximum absolute atomic E-state index is 7.00. The fraction of sp³-hybridized carbons (Fsp3) is 0.462. The van der Waals surface area contributed by atoms with Crippen LogP contribution in [0, 0.1) is 14.4 Å². The Bertz CT molecular complexity index is 223. The van der Waals surface area contributed by atoms with E-state index in [0.717, 1.165) is 26.4 Å². The van der Waals surface area contributed by atoms with Gasteiger partial charge in [-0.25, -0.2) is 0 Å². The summed E-state index contributed by atoms with van der Waals surface area (Å²) in [7, 11) is 2.00. The normalized spacial score (nSPS) is 9.22. The zero-order valence-electron chi connectivity index (χ0n) is 11.8. The first-order chi connectivity index (χ1) is 7.79. The number of aliphatic hydroxyl groups is 2. The summed E-state index contributed by atoms with van der Waals surface area (Å²) in [5.74, 6) is 1.11. The van der Waals surface area contributed by atoms with E-state index >= 15 is 0 Å². The second kappa shape index (κ2) is 22.3. The minimum absolute atomic E-state index is 0. The number of nitrogens with zero attached hydrogens (tertiary/aromatic N) is 1. The Kier molecular flexibility index (Phi) is 33.1. The van der Waals surface area contributed by atoms with Crippen molar-refractivity contribution in [3.63, 3.8) is 0 Å². The summed E-state index contributed by atoms with van der Waals surface area (Å²) in [6.07, 6.45) is 2.89. The molecule has 0 radical (unpaired) electrons. The molecule has 5 heteroatoms. The predicted octanol–water partition coefficient (Wildman–Crippen LogP) is 2.24. The van der Waals surface area contributed by atoms with Crippen LogP contribution in [0.3, 0.4) is 0 Å². The quantitative estimate of drug-likeness (QED) is 0.662. The van der Waals surface area contributed by atoms with Gasteiger partial charge < -0.3 is 24.6 Å². The molecular weight excluding hydrogens is 282 g/mol. The van der Waals surface area contributed by atoms with Crippen molar-refractivity contribution in [2.45, 2.75) is 18.6 Å². The Morgan fingerprint density at radius 2 is 1.83 bits per heavy atom. The fourth-order valence-electron chi connectivity index (χ4n) is 0.911. The van der Waals surface area contributed by atoms with Crippen molar-refractivity contribution < 1.29 is 31.9 Å². The number of hydrogen-bond donors (Lipinski definition) is 2. The molecule has 2 N–H and O–H groups in total. The van der Waals surface area contributed by atoms with Crippen molar-refractivity contribution in [1.29, 1.82) is 0 Å². The third-order valence-corrected chi connectivity index (χ3v) is 2.50. The topological polar surface area (TPSA) is 53.4 Å². The van der Waals surface area contributed by atoms with Gasteiger partial charge in [-0.05, 0) is 24.3 Å². The Balaban J connectivity index is -0.000000149. The summed E-state index contributed by atoms with van der Waals surface area (Å²) in [5.41, 5.74) is 1.17. The van der Waals surface area contributed by atoms with Gasteiger partial charge >= 0.3 is 21.7 Å². The first-order valence-corrected chi connectivity index (χ1v) is 6.08. The molecule has 0 aliphatic carbocycles. The van der Waals surface area contributed by atoms with Crippen molar-refractivity contribution in [2.75, 3.05) is 20.0 Å². The number of pyridine rings is 1. The number of aliphatic hydroxyl groups excluding tert-OH is 2. The zero-order chi connectivity index (χ0) is 12.8. The van der Waals surface area contributed by atoms with E-state index in [0.29, 0.717) is 5.25 Å². The van der Waals surface area contributed by atoms with E-state index in [1.807, 2.05) is 30.1 Å². The SMILES string of the molecule is CO.CO.[CH2-]C(C)SCCc1ccccn1.[CH3-].[Ti+2]. The average molecular weight is 307 g/mol. The van der Waals surface area contributed by atoms with E-state index in [1.54, 1.807) is 0 Å².